The summed E-state index contributed by atoms with van der Waals surface area (Å²) in [6.45, 7) is 19.8. The molecule has 0 fully saturated rings. The third-order valence-electron chi connectivity index (χ3n) is 6.10. The second-order valence-corrected chi connectivity index (χ2v) is 12.1. The molecule has 0 saturated heterocycles. The van der Waals surface area contributed by atoms with Gasteiger partial charge in [-0.2, -0.15) is 0 Å². The summed E-state index contributed by atoms with van der Waals surface area (Å²) >= 11 is 0. The van der Waals surface area contributed by atoms with Crippen LogP contribution < -0.4 is 21.3 Å². The van der Waals surface area contributed by atoms with Gasteiger partial charge in [-0.15, -0.1) is 0 Å². The van der Waals surface area contributed by atoms with Gasteiger partial charge in [0.15, 0.2) is 0 Å². The van der Waals surface area contributed by atoms with Crippen molar-refractivity contribution in [1.29, 1.82) is 0 Å². The van der Waals surface area contributed by atoms with E-state index in [1.807, 2.05) is 31.2 Å². The highest BCUT2D eigenvalue weighted by Crippen LogP contribution is 2.14. The van der Waals surface area contributed by atoms with Crippen molar-refractivity contribution in [2.45, 2.75) is 94.0 Å². The molecular formula is C40H62N4O3. The lowest BCUT2D eigenvalue weighted by Crippen LogP contribution is -2.48. The molecule has 7 nitrogen and oxygen atoms in total. The van der Waals surface area contributed by atoms with Crippen LogP contribution in [0.15, 0.2) is 72.8 Å². The van der Waals surface area contributed by atoms with Gasteiger partial charge >= 0.3 is 0 Å². The van der Waals surface area contributed by atoms with E-state index >= 15 is 0 Å². The molecular weight excluding hydrogens is 584 g/mol. The molecule has 7 heteroatoms. The van der Waals surface area contributed by atoms with Crippen LogP contribution in [-0.2, 0) is 20.8 Å². The molecule has 0 saturated carbocycles. The molecule has 1 unspecified atom stereocenters. The van der Waals surface area contributed by atoms with Gasteiger partial charge in [-0.1, -0.05) is 146 Å². The molecule has 0 heterocycles. The summed E-state index contributed by atoms with van der Waals surface area (Å²) in [5, 5.41) is 13.5. The van der Waals surface area contributed by atoms with Crippen molar-refractivity contribution >= 4 is 34.6 Å². The Morgan fingerprint density at radius 3 is 2.00 bits per heavy atom. The maximum atomic E-state index is 12.1. The molecule has 3 amide bonds. The number of rotatable bonds is 13. The van der Waals surface area contributed by atoms with E-state index in [0.717, 1.165) is 37.3 Å². The van der Waals surface area contributed by atoms with E-state index in [1.165, 1.54) is 28.3 Å². The van der Waals surface area contributed by atoms with Gasteiger partial charge in [-0.3, -0.25) is 14.4 Å². The van der Waals surface area contributed by atoms with Crippen molar-refractivity contribution in [2.75, 3.05) is 26.2 Å². The molecule has 0 aliphatic heterocycles. The van der Waals surface area contributed by atoms with Gasteiger partial charge in [0.25, 0.3) is 0 Å². The van der Waals surface area contributed by atoms with Crippen molar-refractivity contribution in [2.24, 2.45) is 5.92 Å². The monoisotopic (exact) mass is 646 g/mol. The Balaban J connectivity index is 0.000000947. The number of hydrogen-bond donors (Lipinski definition) is 4. The van der Waals surface area contributed by atoms with Crippen LogP contribution >= 0.6 is 0 Å². The van der Waals surface area contributed by atoms with E-state index in [0.29, 0.717) is 6.54 Å². The second kappa shape index (κ2) is 27.2. The topological polar surface area (TPSA) is 99.3 Å². The standard InChI is InChI=1S/C22H34N4O3.C11H10.C4H10.C3H8/c1-4-9-18-10-6-7-11-19(18)12-8-14-24-22(29)17(3)26-21(28)16-25-20(27)15-23-13-5-2;1-9-6-7-10-4-2-3-5-11(10)8-9;1-4(2)3;1-3-2/h6-8,10-12,17,23H,4-5,9,13-16H2,1-3H3,(H,24,29)(H,25,27)(H,26,28);2-8H,1H3;4H,1-3H3;3H2,1-2H3/b12-8+;;;. The Hall–Kier alpha value is -3.97. The molecule has 0 bridgehead atoms. The lowest BCUT2D eigenvalue weighted by Gasteiger charge is -2.14. The van der Waals surface area contributed by atoms with E-state index < -0.39 is 11.9 Å². The molecule has 47 heavy (non-hydrogen) atoms. The SMILES string of the molecule is CC(C)C.CCC.CCCNCC(=O)NCC(=O)NC(C)C(=O)NC/C=C/c1ccccc1CCC.Cc1ccc2ccccc2c1. The van der Waals surface area contributed by atoms with Crippen molar-refractivity contribution in [3.8, 4) is 0 Å². The fraction of sp³-hybridized carbons (Fsp3) is 0.475. The van der Waals surface area contributed by atoms with Gasteiger partial charge in [-0.05, 0) is 61.1 Å². The number of nitrogens with one attached hydrogen (secondary N) is 4. The van der Waals surface area contributed by atoms with Gasteiger partial charge in [0.1, 0.15) is 6.04 Å². The molecule has 3 aromatic carbocycles. The summed E-state index contributed by atoms with van der Waals surface area (Å²) in [4.78, 5) is 35.5. The van der Waals surface area contributed by atoms with E-state index in [2.05, 4.69) is 124 Å². The Labute approximate surface area is 285 Å². The van der Waals surface area contributed by atoms with E-state index in [4.69, 9.17) is 0 Å². The fourth-order valence-electron chi connectivity index (χ4n) is 3.98. The van der Waals surface area contributed by atoms with Crippen molar-refractivity contribution in [3.63, 3.8) is 0 Å². The molecule has 1 atom stereocenters. The Kier molecular flexibility index (Phi) is 24.9. The lowest BCUT2D eigenvalue weighted by atomic mass is 10.0. The van der Waals surface area contributed by atoms with E-state index in [9.17, 15) is 14.4 Å². The van der Waals surface area contributed by atoms with Crippen LogP contribution in [0.2, 0.25) is 0 Å². The summed E-state index contributed by atoms with van der Waals surface area (Å²) in [6.07, 6.45) is 8.16. The number of aryl methyl sites for hydroxylation is 2. The number of benzene rings is 3. The third kappa shape index (κ3) is 22.2. The smallest absolute Gasteiger partial charge is 0.242 e. The Morgan fingerprint density at radius 2 is 1.36 bits per heavy atom. The fourth-order valence-corrected chi connectivity index (χ4v) is 3.98. The molecule has 0 aromatic heterocycles. The van der Waals surface area contributed by atoms with Crippen LogP contribution in [0.3, 0.4) is 0 Å². The number of carbonyl (C=O) groups excluding carboxylic acids is 3. The van der Waals surface area contributed by atoms with E-state index in [1.54, 1.807) is 6.92 Å². The highest BCUT2D eigenvalue weighted by molar-refractivity contribution is 5.90. The van der Waals surface area contributed by atoms with Crippen LogP contribution in [0.5, 0.6) is 0 Å². The first-order valence-electron chi connectivity index (χ1n) is 17.2. The summed E-state index contributed by atoms with van der Waals surface area (Å²) in [6, 6.07) is 22.4. The van der Waals surface area contributed by atoms with Crippen molar-refractivity contribution in [3.05, 3.63) is 89.5 Å². The molecule has 0 spiro atoms. The quantitative estimate of drug-likeness (QED) is 0.144. The largest absolute Gasteiger partial charge is 0.351 e. The molecule has 0 radical (unpaired) electrons. The lowest BCUT2D eigenvalue weighted by molar-refractivity contribution is -0.129. The van der Waals surface area contributed by atoms with E-state index in [-0.39, 0.29) is 24.9 Å². The van der Waals surface area contributed by atoms with Gasteiger partial charge in [0.05, 0.1) is 13.1 Å². The zero-order valence-electron chi connectivity index (χ0n) is 30.5. The highest BCUT2D eigenvalue weighted by Gasteiger charge is 2.15. The minimum absolute atomic E-state index is 0.154. The number of fused-ring (bicyclic) bond motifs is 1. The van der Waals surface area contributed by atoms with Crippen LogP contribution in [0, 0.1) is 12.8 Å². The van der Waals surface area contributed by atoms with Gasteiger partial charge in [-0.25, -0.2) is 0 Å². The molecule has 260 valence electrons. The summed E-state index contributed by atoms with van der Waals surface area (Å²) in [5.74, 6) is -0.0968. The molecule has 4 N–H and O–H groups in total. The summed E-state index contributed by atoms with van der Waals surface area (Å²) < 4.78 is 0. The Bertz CT molecular complexity index is 1320. The van der Waals surface area contributed by atoms with Crippen molar-refractivity contribution < 1.29 is 14.4 Å². The maximum absolute atomic E-state index is 12.1. The summed E-state index contributed by atoms with van der Waals surface area (Å²) in [7, 11) is 0. The normalized spacial score (nSPS) is 10.9. The first-order valence-corrected chi connectivity index (χ1v) is 17.2. The first kappa shape index (κ1) is 43.0. The third-order valence-corrected chi connectivity index (χ3v) is 6.10. The zero-order chi connectivity index (χ0) is 35.5. The zero-order valence-corrected chi connectivity index (χ0v) is 30.5. The average molecular weight is 647 g/mol. The summed E-state index contributed by atoms with van der Waals surface area (Å²) in [5.41, 5.74) is 3.75. The number of hydrogen-bond acceptors (Lipinski definition) is 4. The van der Waals surface area contributed by atoms with Crippen LogP contribution in [0.25, 0.3) is 16.8 Å². The van der Waals surface area contributed by atoms with Gasteiger partial charge in [0, 0.05) is 6.54 Å². The average Bonchev–Trinajstić information content (AvgIpc) is 3.03. The van der Waals surface area contributed by atoms with Crippen LogP contribution in [0.1, 0.15) is 91.3 Å². The van der Waals surface area contributed by atoms with Crippen molar-refractivity contribution in [1.82, 2.24) is 21.3 Å². The first-order chi connectivity index (χ1) is 22.5. The molecule has 3 aromatic rings. The number of carbonyl (C=O) groups is 3. The predicted octanol–water partition coefficient (Wildman–Crippen LogP) is 7.62. The highest BCUT2D eigenvalue weighted by atomic mass is 16.2. The predicted molar refractivity (Wildman–Crippen MR) is 201 cm³/mol. The Morgan fingerprint density at radius 1 is 0.745 bits per heavy atom. The van der Waals surface area contributed by atoms with Crippen LogP contribution in [0.4, 0.5) is 0 Å². The number of amides is 3. The molecule has 0 aliphatic rings. The maximum Gasteiger partial charge on any atom is 0.242 e. The molecule has 0 aliphatic carbocycles. The van der Waals surface area contributed by atoms with Gasteiger partial charge < -0.3 is 21.3 Å². The van der Waals surface area contributed by atoms with Crippen LogP contribution in [-0.4, -0.2) is 49.9 Å². The van der Waals surface area contributed by atoms with Gasteiger partial charge in [0.2, 0.25) is 17.7 Å². The minimum atomic E-state index is -0.682. The minimum Gasteiger partial charge on any atom is -0.351 e. The molecule has 3 rings (SSSR count). The second-order valence-electron chi connectivity index (χ2n) is 12.1.